The van der Waals surface area contributed by atoms with Crippen molar-refractivity contribution in [1.82, 2.24) is 10.6 Å². The molecule has 0 aliphatic rings. The molecule has 12 heteroatoms. The number of carboxylic acids is 2. The van der Waals surface area contributed by atoms with Gasteiger partial charge in [0.1, 0.15) is 6.04 Å². The van der Waals surface area contributed by atoms with Gasteiger partial charge in [0, 0.05) is 6.54 Å². The quantitative estimate of drug-likeness (QED) is 0.420. The summed E-state index contributed by atoms with van der Waals surface area (Å²) in [5.74, 6) is -4.97. The van der Waals surface area contributed by atoms with Gasteiger partial charge in [-0.25, -0.2) is 4.79 Å². The van der Waals surface area contributed by atoms with Crippen LogP contribution in [0.15, 0.2) is 42.5 Å². The van der Waals surface area contributed by atoms with Crippen LogP contribution in [0.1, 0.15) is 18.9 Å². The van der Waals surface area contributed by atoms with E-state index in [1.807, 2.05) is 42.5 Å². The Kier molecular flexibility index (Phi) is 9.60. The molecule has 0 radical (unpaired) electrons. The van der Waals surface area contributed by atoms with Crippen LogP contribution in [0, 0.1) is 0 Å². The summed E-state index contributed by atoms with van der Waals surface area (Å²) in [7, 11) is 0. The first-order valence-corrected chi connectivity index (χ1v) is 9.15. The van der Waals surface area contributed by atoms with E-state index in [-0.39, 0.29) is 5.91 Å². The zero-order valence-electron chi connectivity index (χ0n) is 16.8. The molecule has 32 heavy (non-hydrogen) atoms. The summed E-state index contributed by atoms with van der Waals surface area (Å²) in [5, 5.41) is 23.1. The highest BCUT2D eigenvalue weighted by Gasteiger charge is 2.38. The van der Waals surface area contributed by atoms with E-state index in [1.165, 1.54) is 6.92 Å². The van der Waals surface area contributed by atoms with Crippen LogP contribution in [0.2, 0.25) is 0 Å². The molecule has 0 saturated carbocycles. The Bertz CT molecular complexity index is 975. The van der Waals surface area contributed by atoms with Gasteiger partial charge < -0.3 is 26.6 Å². The van der Waals surface area contributed by atoms with Crippen LogP contribution < -0.4 is 16.4 Å². The van der Waals surface area contributed by atoms with Gasteiger partial charge in [-0.1, -0.05) is 42.5 Å². The highest BCUT2D eigenvalue weighted by Crippen LogP contribution is 2.18. The second-order valence-corrected chi connectivity index (χ2v) is 6.59. The number of rotatable bonds is 7. The van der Waals surface area contributed by atoms with Crippen molar-refractivity contribution >= 4 is 34.5 Å². The van der Waals surface area contributed by atoms with Crippen molar-refractivity contribution in [2.75, 3.05) is 0 Å². The number of nitrogens with one attached hydrogen (secondary N) is 2. The summed E-state index contributed by atoms with van der Waals surface area (Å²) in [6.07, 6.45) is -5.57. The Morgan fingerprint density at radius 2 is 1.56 bits per heavy atom. The molecule has 6 N–H and O–H groups in total. The third-order valence-corrected chi connectivity index (χ3v) is 4.06. The number of alkyl halides is 3. The zero-order chi connectivity index (χ0) is 24.5. The van der Waals surface area contributed by atoms with Gasteiger partial charge in [-0.05, 0) is 23.3 Å². The molecule has 2 unspecified atom stereocenters. The van der Waals surface area contributed by atoms with Gasteiger partial charge >= 0.3 is 18.1 Å². The Hall–Kier alpha value is -3.67. The lowest BCUT2D eigenvalue weighted by molar-refractivity contribution is -0.192. The lowest BCUT2D eigenvalue weighted by Crippen LogP contribution is -2.50. The standard InChI is InChI=1S/C18H21N3O4.C2HF3O2/c1-11(21-18(25)15(19)9-16(22)23)17(24)20-10-13-7-4-6-12-5-2-3-8-14(12)13;3-2(4,5)1(6)7/h2-8,11,15H,9-10,19H2,1H3,(H,20,24)(H,21,25)(H,22,23);(H,6,7). The molecule has 174 valence electrons. The predicted molar refractivity (Wildman–Crippen MR) is 107 cm³/mol. The number of carbonyl (C=O) groups excluding carboxylic acids is 2. The fourth-order valence-corrected chi connectivity index (χ4v) is 2.45. The van der Waals surface area contributed by atoms with E-state index in [0.29, 0.717) is 6.54 Å². The number of carbonyl (C=O) groups is 4. The Morgan fingerprint density at radius 3 is 2.12 bits per heavy atom. The van der Waals surface area contributed by atoms with Gasteiger partial charge in [-0.3, -0.25) is 14.4 Å². The van der Waals surface area contributed by atoms with Crippen molar-refractivity contribution in [3.05, 3.63) is 48.0 Å². The molecule has 2 amide bonds. The van der Waals surface area contributed by atoms with E-state index in [9.17, 15) is 27.6 Å². The van der Waals surface area contributed by atoms with Gasteiger partial charge in [0.15, 0.2) is 0 Å². The van der Waals surface area contributed by atoms with Crippen LogP contribution in [0.3, 0.4) is 0 Å². The van der Waals surface area contributed by atoms with Gasteiger partial charge in [0.2, 0.25) is 11.8 Å². The van der Waals surface area contributed by atoms with E-state index in [4.69, 9.17) is 20.7 Å². The van der Waals surface area contributed by atoms with Crippen molar-refractivity contribution in [1.29, 1.82) is 0 Å². The number of carboxylic acid groups (broad SMARTS) is 2. The van der Waals surface area contributed by atoms with E-state index in [0.717, 1.165) is 16.3 Å². The topological polar surface area (TPSA) is 159 Å². The van der Waals surface area contributed by atoms with Crippen molar-refractivity contribution < 1.29 is 42.6 Å². The molecule has 0 bridgehead atoms. The van der Waals surface area contributed by atoms with Crippen molar-refractivity contribution in [2.24, 2.45) is 5.73 Å². The molecule has 0 saturated heterocycles. The Balaban J connectivity index is 0.000000633. The summed E-state index contributed by atoms with van der Waals surface area (Å²) in [6.45, 7) is 1.84. The summed E-state index contributed by atoms with van der Waals surface area (Å²) in [5.41, 5.74) is 6.43. The van der Waals surface area contributed by atoms with Crippen LogP contribution in [-0.4, -0.2) is 52.2 Å². The summed E-state index contributed by atoms with van der Waals surface area (Å²) < 4.78 is 31.7. The highest BCUT2D eigenvalue weighted by molar-refractivity contribution is 5.91. The third kappa shape index (κ3) is 8.60. The number of aliphatic carboxylic acids is 2. The molecule has 2 aromatic rings. The summed E-state index contributed by atoms with van der Waals surface area (Å²) >= 11 is 0. The molecular formula is C20H22F3N3O6. The highest BCUT2D eigenvalue weighted by atomic mass is 19.4. The summed E-state index contributed by atoms with van der Waals surface area (Å²) in [4.78, 5) is 43.4. The van der Waals surface area contributed by atoms with Crippen LogP contribution in [0.5, 0.6) is 0 Å². The largest absolute Gasteiger partial charge is 0.490 e. The Labute approximate surface area is 180 Å². The molecule has 2 aromatic carbocycles. The van der Waals surface area contributed by atoms with E-state index < -0.39 is 42.5 Å². The monoisotopic (exact) mass is 457 g/mol. The molecule has 0 aliphatic heterocycles. The van der Waals surface area contributed by atoms with Crippen LogP contribution in [0.4, 0.5) is 13.2 Å². The first-order valence-electron chi connectivity index (χ1n) is 9.15. The normalized spacial score (nSPS) is 12.7. The van der Waals surface area contributed by atoms with Crippen LogP contribution in [-0.2, 0) is 25.7 Å². The molecule has 9 nitrogen and oxygen atoms in total. The number of halogens is 3. The maximum absolute atomic E-state index is 12.1. The molecule has 0 aliphatic carbocycles. The average molecular weight is 457 g/mol. The van der Waals surface area contributed by atoms with E-state index >= 15 is 0 Å². The van der Waals surface area contributed by atoms with Crippen molar-refractivity contribution in [3.63, 3.8) is 0 Å². The van der Waals surface area contributed by atoms with Gasteiger partial charge in [0.25, 0.3) is 0 Å². The molecule has 0 spiro atoms. The molecule has 0 fully saturated rings. The minimum Gasteiger partial charge on any atom is -0.481 e. The zero-order valence-corrected chi connectivity index (χ0v) is 16.8. The maximum atomic E-state index is 12.1. The number of hydrogen-bond acceptors (Lipinski definition) is 5. The minimum atomic E-state index is -5.08. The first-order chi connectivity index (χ1) is 14.8. The number of amides is 2. The fraction of sp³-hybridized carbons (Fsp3) is 0.300. The second kappa shape index (κ2) is 11.6. The number of fused-ring (bicyclic) bond motifs is 1. The van der Waals surface area contributed by atoms with Crippen molar-refractivity contribution in [2.45, 2.75) is 38.1 Å². The SMILES string of the molecule is CC(NC(=O)C(N)CC(=O)O)C(=O)NCc1cccc2ccccc12.O=C(O)C(F)(F)F. The maximum Gasteiger partial charge on any atom is 0.490 e. The van der Waals surface area contributed by atoms with E-state index in [2.05, 4.69) is 10.6 Å². The number of benzene rings is 2. The number of nitrogens with two attached hydrogens (primary N) is 1. The molecular weight excluding hydrogens is 435 g/mol. The fourth-order valence-electron chi connectivity index (χ4n) is 2.45. The van der Waals surface area contributed by atoms with Crippen LogP contribution >= 0.6 is 0 Å². The first kappa shape index (κ1) is 26.4. The second-order valence-electron chi connectivity index (χ2n) is 6.59. The van der Waals surface area contributed by atoms with Crippen molar-refractivity contribution in [3.8, 4) is 0 Å². The van der Waals surface area contributed by atoms with Gasteiger partial charge in [-0.2, -0.15) is 13.2 Å². The average Bonchev–Trinajstić information content (AvgIpc) is 2.71. The van der Waals surface area contributed by atoms with Gasteiger partial charge in [-0.15, -0.1) is 0 Å². The smallest absolute Gasteiger partial charge is 0.481 e. The van der Waals surface area contributed by atoms with E-state index in [1.54, 1.807) is 0 Å². The minimum absolute atomic E-state index is 0.321. The molecule has 2 atom stereocenters. The Morgan fingerprint density at radius 1 is 1.00 bits per heavy atom. The van der Waals surface area contributed by atoms with Gasteiger partial charge in [0.05, 0.1) is 12.5 Å². The molecule has 2 rings (SSSR count). The number of hydrogen-bond donors (Lipinski definition) is 5. The lowest BCUT2D eigenvalue weighted by Gasteiger charge is -2.17. The molecule has 0 heterocycles. The lowest BCUT2D eigenvalue weighted by atomic mass is 10.0. The summed E-state index contributed by atoms with van der Waals surface area (Å²) in [6, 6.07) is 11.7. The predicted octanol–water partition coefficient (Wildman–Crippen LogP) is 1.40. The molecule has 0 aromatic heterocycles. The third-order valence-electron chi connectivity index (χ3n) is 4.06. The van der Waals surface area contributed by atoms with Crippen LogP contribution in [0.25, 0.3) is 10.8 Å².